The fourth-order valence-electron chi connectivity index (χ4n) is 2.17. The van der Waals surface area contributed by atoms with Crippen LogP contribution in [0, 0.1) is 17.5 Å². The molecule has 0 aliphatic rings. The molecule has 0 radical (unpaired) electrons. The molecule has 0 aliphatic heterocycles. The third kappa shape index (κ3) is 5.19. The number of carbonyl (C=O) groups excluding carboxylic acids is 2. The number of benzene rings is 1. The molecule has 2 rings (SSSR count). The Kier molecular flexibility index (Phi) is 6.97. The molecule has 4 nitrogen and oxygen atoms in total. The molecule has 8 heteroatoms. The molecule has 1 aromatic heterocycles. The first-order chi connectivity index (χ1) is 12.4. The van der Waals surface area contributed by atoms with Crippen LogP contribution in [0.1, 0.15) is 18.2 Å². The van der Waals surface area contributed by atoms with Gasteiger partial charge < -0.3 is 10.2 Å². The summed E-state index contributed by atoms with van der Waals surface area (Å²) in [6.45, 7) is 1.83. The van der Waals surface area contributed by atoms with Gasteiger partial charge in [0.1, 0.15) is 6.54 Å². The van der Waals surface area contributed by atoms with Crippen LogP contribution in [0.3, 0.4) is 0 Å². The Morgan fingerprint density at radius 2 is 1.96 bits per heavy atom. The van der Waals surface area contributed by atoms with Crippen LogP contribution in [0.25, 0.3) is 6.08 Å². The number of amides is 2. The van der Waals surface area contributed by atoms with E-state index >= 15 is 0 Å². The van der Waals surface area contributed by atoms with Crippen LogP contribution in [-0.4, -0.2) is 29.8 Å². The van der Waals surface area contributed by atoms with Gasteiger partial charge in [0.05, 0.1) is 5.69 Å². The Morgan fingerprint density at radius 3 is 2.62 bits per heavy atom. The third-order valence-electron chi connectivity index (χ3n) is 3.38. The third-order valence-corrected chi connectivity index (χ3v) is 4.22. The summed E-state index contributed by atoms with van der Waals surface area (Å²) in [5.41, 5.74) is -0.480. The lowest BCUT2D eigenvalue weighted by molar-refractivity contribution is -0.130. The number of nitrogens with zero attached hydrogens (tertiary/aromatic N) is 1. The number of thiophene rings is 1. The fraction of sp³-hybridized carbons (Fsp3) is 0.222. The molecule has 2 amide bonds. The van der Waals surface area contributed by atoms with Gasteiger partial charge in [-0.1, -0.05) is 13.0 Å². The van der Waals surface area contributed by atoms with E-state index < -0.39 is 29.0 Å². The van der Waals surface area contributed by atoms with Crippen molar-refractivity contribution in [3.8, 4) is 0 Å². The highest BCUT2D eigenvalue weighted by atomic mass is 32.1. The van der Waals surface area contributed by atoms with E-state index in [0.29, 0.717) is 19.0 Å². The van der Waals surface area contributed by atoms with E-state index in [0.717, 1.165) is 10.9 Å². The van der Waals surface area contributed by atoms with Gasteiger partial charge in [-0.2, -0.15) is 0 Å². The van der Waals surface area contributed by atoms with E-state index in [1.807, 2.05) is 24.4 Å². The predicted octanol–water partition coefficient (Wildman–Crippen LogP) is 4.06. The summed E-state index contributed by atoms with van der Waals surface area (Å²) in [7, 11) is 0. The lowest BCUT2D eigenvalue weighted by Crippen LogP contribution is -2.37. The van der Waals surface area contributed by atoms with E-state index in [1.54, 1.807) is 6.08 Å². The number of anilines is 1. The van der Waals surface area contributed by atoms with Crippen molar-refractivity contribution < 1.29 is 22.8 Å². The van der Waals surface area contributed by atoms with Gasteiger partial charge in [-0.3, -0.25) is 9.59 Å². The van der Waals surface area contributed by atoms with Crippen molar-refractivity contribution in [3.05, 3.63) is 58.1 Å². The maximum atomic E-state index is 13.6. The molecule has 1 heterocycles. The number of hydrogen-bond donors (Lipinski definition) is 1. The minimum Gasteiger partial charge on any atom is -0.330 e. The second-order valence-corrected chi connectivity index (χ2v) is 6.36. The highest BCUT2D eigenvalue weighted by molar-refractivity contribution is 7.10. The van der Waals surface area contributed by atoms with Gasteiger partial charge in [-0.25, -0.2) is 13.2 Å². The van der Waals surface area contributed by atoms with E-state index in [4.69, 9.17) is 0 Å². The van der Waals surface area contributed by atoms with Crippen LogP contribution in [-0.2, 0) is 9.59 Å². The van der Waals surface area contributed by atoms with E-state index in [2.05, 4.69) is 5.32 Å². The zero-order valence-electron chi connectivity index (χ0n) is 14.0. The van der Waals surface area contributed by atoms with E-state index in [1.165, 1.54) is 22.3 Å². The second kappa shape index (κ2) is 9.19. The summed E-state index contributed by atoms with van der Waals surface area (Å²) in [4.78, 5) is 26.5. The Morgan fingerprint density at radius 1 is 1.19 bits per heavy atom. The van der Waals surface area contributed by atoms with Crippen LogP contribution < -0.4 is 5.32 Å². The molecule has 26 heavy (non-hydrogen) atoms. The van der Waals surface area contributed by atoms with Crippen molar-refractivity contribution in [1.29, 1.82) is 0 Å². The van der Waals surface area contributed by atoms with E-state index in [9.17, 15) is 22.8 Å². The first-order valence-corrected chi connectivity index (χ1v) is 8.74. The van der Waals surface area contributed by atoms with Crippen molar-refractivity contribution in [2.45, 2.75) is 13.3 Å². The number of rotatable bonds is 7. The van der Waals surface area contributed by atoms with Crippen LogP contribution >= 0.6 is 11.3 Å². The molecule has 0 unspecified atom stereocenters. The van der Waals surface area contributed by atoms with Crippen LogP contribution in [0.2, 0.25) is 0 Å². The van der Waals surface area contributed by atoms with Gasteiger partial charge >= 0.3 is 0 Å². The van der Waals surface area contributed by atoms with Crippen molar-refractivity contribution in [1.82, 2.24) is 4.90 Å². The lowest BCUT2D eigenvalue weighted by atomic mass is 10.2. The number of halogens is 3. The first-order valence-electron chi connectivity index (χ1n) is 7.86. The van der Waals surface area contributed by atoms with E-state index in [-0.39, 0.29) is 12.5 Å². The molecule has 138 valence electrons. The summed E-state index contributed by atoms with van der Waals surface area (Å²) >= 11 is 1.47. The number of nitrogens with one attached hydrogen (secondary N) is 1. The fourth-order valence-corrected chi connectivity index (χ4v) is 2.79. The standard InChI is InChI=1S/C18H17F3N2O2S/c1-2-9-23(16(25)8-5-12-4-3-10-26-12)11-15(24)22-14-7-6-13(19)17(20)18(14)21/h3-8,10H,2,9,11H2,1H3,(H,22,24)/b8-5+. The monoisotopic (exact) mass is 382 g/mol. The normalized spacial score (nSPS) is 10.9. The van der Waals surface area contributed by atoms with Gasteiger partial charge in [0, 0.05) is 17.5 Å². The highest BCUT2D eigenvalue weighted by Gasteiger charge is 2.18. The largest absolute Gasteiger partial charge is 0.330 e. The highest BCUT2D eigenvalue weighted by Crippen LogP contribution is 2.19. The Bertz CT molecular complexity index is 807. The molecule has 0 saturated carbocycles. The maximum absolute atomic E-state index is 13.6. The lowest BCUT2D eigenvalue weighted by Gasteiger charge is -2.20. The molecular formula is C18H17F3N2O2S. The van der Waals surface area contributed by atoms with Crippen molar-refractivity contribution >= 4 is 34.9 Å². The van der Waals surface area contributed by atoms with Crippen molar-refractivity contribution in [2.24, 2.45) is 0 Å². The van der Waals surface area contributed by atoms with Crippen LogP contribution in [0.4, 0.5) is 18.9 Å². The Balaban J connectivity index is 2.03. The summed E-state index contributed by atoms with van der Waals surface area (Å²) in [5.74, 6) is -5.57. The molecule has 0 atom stereocenters. The summed E-state index contributed by atoms with van der Waals surface area (Å²) < 4.78 is 39.8. The van der Waals surface area contributed by atoms with Gasteiger partial charge in [0.25, 0.3) is 0 Å². The van der Waals surface area contributed by atoms with Gasteiger partial charge in [-0.15, -0.1) is 11.3 Å². The molecule has 0 aliphatic carbocycles. The van der Waals surface area contributed by atoms with Crippen molar-refractivity contribution in [3.63, 3.8) is 0 Å². The minimum atomic E-state index is -1.66. The zero-order valence-corrected chi connectivity index (χ0v) is 14.8. The summed E-state index contributed by atoms with van der Waals surface area (Å²) in [6, 6.07) is 5.33. The number of carbonyl (C=O) groups is 2. The molecule has 0 bridgehead atoms. The van der Waals surface area contributed by atoms with Gasteiger partial charge in [0.15, 0.2) is 17.5 Å². The average molecular weight is 382 g/mol. The SMILES string of the molecule is CCCN(CC(=O)Nc1ccc(F)c(F)c1F)C(=O)/C=C/c1cccs1. The molecular weight excluding hydrogens is 365 g/mol. The molecule has 2 aromatic rings. The van der Waals surface area contributed by atoms with Crippen LogP contribution in [0.5, 0.6) is 0 Å². The zero-order chi connectivity index (χ0) is 19.1. The molecule has 0 spiro atoms. The van der Waals surface area contributed by atoms with Crippen molar-refractivity contribution in [2.75, 3.05) is 18.4 Å². The molecule has 0 saturated heterocycles. The Labute approximate surface area is 152 Å². The predicted molar refractivity (Wildman–Crippen MR) is 95.2 cm³/mol. The molecule has 1 aromatic carbocycles. The van der Waals surface area contributed by atoms with Crippen LogP contribution in [0.15, 0.2) is 35.7 Å². The number of hydrogen-bond acceptors (Lipinski definition) is 3. The summed E-state index contributed by atoms with van der Waals surface area (Å²) in [5, 5.41) is 4.03. The maximum Gasteiger partial charge on any atom is 0.247 e. The average Bonchev–Trinajstić information content (AvgIpc) is 3.13. The topological polar surface area (TPSA) is 49.4 Å². The smallest absolute Gasteiger partial charge is 0.247 e. The van der Waals surface area contributed by atoms with Gasteiger partial charge in [-0.05, 0) is 36.1 Å². The molecule has 1 N–H and O–H groups in total. The minimum absolute atomic E-state index is 0.321. The quantitative estimate of drug-likeness (QED) is 0.580. The first kappa shape index (κ1) is 19.7. The second-order valence-electron chi connectivity index (χ2n) is 5.38. The Hall–Kier alpha value is -2.61. The molecule has 0 fully saturated rings. The summed E-state index contributed by atoms with van der Waals surface area (Å²) in [6.07, 6.45) is 3.61. The van der Waals surface area contributed by atoms with Gasteiger partial charge in [0.2, 0.25) is 11.8 Å².